The number of carbonyl (C=O) groups excluding carboxylic acids is 1. The van der Waals surface area contributed by atoms with Crippen LogP contribution in [0.25, 0.3) is 15.9 Å². The van der Waals surface area contributed by atoms with Gasteiger partial charge in [-0.15, -0.1) is 0 Å². The van der Waals surface area contributed by atoms with Crippen LogP contribution in [-0.4, -0.2) is 26.0 Å². The number of alkyl halides is 3. The van der Waals surface area contributed by atoms with Crippen LogP contribution in [0.5, 0.6) is 0 Å². The van der Waals surface area contributed by atoms with Gasteiger partial charge < -0.3 is 9.67 Å². The fourth-order valence-corrected chi connectivity index (χ4v) is 3.02. The number of rotatable bonds is 5. The van der Waals surface area contributed by atoms with Crippen molar-refractivity contribution in [1.29, 1.82) is 0 Å². The third kappa shape index (κ3) is 4.12. The molecule has 9 heteroatoms. The minimum Gasteiger partial charge on any atom is -0.380 e. The maximum atomic E-state index is 14.1. The van der Waals surface area contributed by atoms with Crippen molar-refractivity contribution in [3.8, 4) is 0 Å². The van der Waals surface area contributed by atoms with Crippen molar-refractivity contribution in [3.05, 3.63) is 71.1 Å². The predicted octanol–water partition coefficient (Wildman–Crippen LogP) is 4.31. The molecule has 0 aliphatic carbocycles. The first-order valence-corrected chi connectivity index (χ1v) is 8.45. The zero-order chi connectivity index (χ0) is 21.4. The summed E-state index contributed by atoms with van der Waals surface area (Å²) in [5.41, 5.74) is -3.22. The summed E-state index contributed by atoms with van der Waals surface area (Å²) in [4.78, 5) is 19.4. The van der Waals surface area contributed by atoms with E-state index >= 15 is 0 Å². The number of nitrogens with zero attached hydrogens (tertiary/aromatic N) is 3. The summed E-state index contributed by atoms with van der Waals surface area (Å²) < 4.78 is 54.7. The van der Waals surface area contributed by atoms with Gasteiger partial charge in [-0.25, -0.2) is 14.2 Å². The fraction of sp³-hybridized carbons (Fsp3) is 0.250. The van der Waals surface area contributed by atoms with Gasteiger partial charge in [0.1, 0.15) is 16.9 Å². The first-order chi connectivity index (χ1) is 13.5. The topological polar surface area (TPSA) is 59.5 Å². The lowest BCUT2D eigenvalue weighted by Gasteiger charge is -2.23. The van der Waals surface area contributed by atoms with Crippen LogP contribution in [0.15, 0.2) is 42.7 Å². The van der Waals surface area contributed by atoms with Crippen LogP contribution >= 0.6 is 0 Å². The van der Waals surface area contributed by atoms with E-state index in [1.165, 1.54) is 36.0 Å². The largest absolute Gasteiger partial charge is 0.407 e. The Morgan fingerprint density at radius 2 is 2.00 bits per heavy atom. The number of para-hydroxylation sites is 1. The molecule has 0 aliphatic heterocycles. The summed E-state index contributed by atoms with van der Waals surface area (Å²) in [6, 6.07) is 7.23. The molecule has 29 heavy (non-hydrogen) atoms. The van der Waals surface area contributed by atoms with Gasteiger partial charge in [-0.3, -0.25) is 4.79 Å². The quantitative estimate of drug-likeness (QED) is 0.508. The first kappa shape index (κ1) is 20.5. The third-order valence-electron chi connectivity index (χ3n) is 4.52. The second-order valence-corrected chi connectivity index (χ2v) is 6.81. The second kappa shape index (κ2) is 7.29. The van der Waals surface area contributed by atoms with E-state index in [1.807, 2.05) is 0 Å². The number of imidazole rings is 1. The number of aliphatic hydroxyl groups is 1. The normalized spacial score (nSPS) is 13.8. The van der Waals surface area contributed by atoms with Crippen LogP contribution in [0.1, 0.15) is 18.1 Å². The molecular weight excluding hydrogens is 390 g/mol. The van der Waals surface area contributed by atoms with E-state index in [9.17, 15) is 27.5 Å². The van der Waals surface area contributed by atoms with Crippen molar-refractivity contribution in [2.75, 3.05) is 0 Å². The maximum Gasteiger partial charge on any atom is 0.407 e. The molecule has 3 aromatic rings. The number of carbonyl (C=O) groups is 1. The SMILES string of the molecule is [C-]#[N+]c1ccc(CC(=O)[C@@](C)(O)Cn2cnc3cccc(F)c32)cc1C(F)(F)F. The van der Waals surface area contributed by atoms with Crippen LogP contribution in [0.3, 0.4) is 0 Å². The minimum absolute atomic E-state index is 0.0108. The monoisotopic (exact) mass is 405 g/mol. The number of Topliss-reactive ketones (excluding diaryl/α,β-unsaturated/α-hetero) is 1. The van der Waals surface area contributed by atoms with Gasteiger partial charge >= 0.3 is 6.18 Å². The molecule has 1 atom stereocenters. The standard InChI is InChI=1S/C20H15F4N3O2/c1-19(29,10-27-11-26-16-5-3-4-14(21)18(16)27)17(28)9-12-6-7-15(25-2)13(8-12)20(22,23)24/h3-8,11,29H,9-10H2,1H3/t19-/m0/s1. The van der Waals surface area contributed by atoms with E-state index < -0.39 is 41.0 Å². The molecule has 5 nitrogen and oxygen atoms in total. The Bertz CT molecular complexity index is 1130. The molecule has 150 valence electrons. The van der Waals surface area contributed by atoms with Gasteiger partial charge in [-0.1, -0.05) is 24.3 Å². The van der Waals surface area contributed by atoms with E-state index in [4.69, 9.17) is 6.57 Å². The zero-order valence-electron chi connectivity index (χ0n) is 15.2. The van der Waals surface area contributed by atoms with Crippen LogP contribution in [0, 0.1) is 12.4 Å². The molecule has 0 saturated heterocycles. The lowest BCUT2D eigenvalue weighted by Crippen LogP contribution is -2.40. The highest BCUT2D eigenvalue weighted by molar-refractivity contribution is 5.89. The smallest absolute Gasteiger partial charge is 0.380 e. The molecule has 0 spiro atoms. The van der Waals surface area contributed by atoms with Crippen molar-refractivity contribution in [2.24, 2.45) is 0 Å². The molecule has 0 radical (unpaired) electrons. The number of benzene rings is 2. The van der Waals surface area contributed by atoms with Crippen molar-refractivity contribution in [3.63, 3.8) is 0 Å². The number of aromatic nitrogens is 2. The van der Waals surface area contributed by atoms with Gasteiger partial charge in [-0.05, 0) is 24.6 Å². The average molecular weight is 405 g/mol. The number of ketones is 1. The lowest BCUT2D eigenvalue weighted by atomic mass is 9.94. The van der Waals surface area contributed by atoms with Crippen molar-refractivity contribution < 1.29 is 27.5 Å². The summed E-state index contributed by atoms with van der Waals surface area (Å²) >= 11 is 0. The summed E-state index contributed by atoms with van der Waals surface area (Å²) in [7, 11) is 0. The zero-order valence-corrected chi connectivity index (χ0v) is 15.2. The fourth-order valence-electron chi connectivity index (χ4n) is 3.02. The Hall–Kier alpha value is -3.25. The molecule has 3 rings (SSSR count). The second-order valence-electron chi connectivity index (χ2n) is 6.81. The molecule has 0 aliphatic rings. The van der Waals surface area contributed by atoms with Crippen LogP contribution in [0.2, 0.25) is 0 Å². The first-order valence-electron chi connectivity index (χ1n) is 8.45. The van der Waals surface area contributed by atoms with Gasteiger partial charge in [0.05, 0.1) is 30.5 Å². The molecule has 0 bridgehead atoms. The molecule has 1 heterocycles. The minimum atomic E-state index is -4.74. The van der Waals surface area contributed by atoms with Crippen LogP contribution in [0.4, 0.5) is 23.2 Å². The van der Waals surface area contributed by atoms with Gasteiger partial charge in [0.2, 0.25) is 0 Å². The predicted molar refractivity (Wildman–Crippen MR) is 96.7 cm³/mol. The maximum absolute atomic E-state index is 14.1. The summed E-state index contributed by atoms with van der Waals surface area (Å²) in [5.74, 6) is -1.33. The Kier molecular flexibility index (Phi) is 5.15. The molecule has 0 fully saturated rings. The van der Waals surface area contributed by atoms with E-state index in [2.05, 4.69) is 9.83 Å². The molecule has 0 unspecified atom stereocenters. The van der Waals surface area contributed by atoms with E-state index in [-0.39, 0.29) is 17.6 Å². The Balaban J connectivity index is 1.85. The van der Waals surface area contributed by atoms with E-state index in [1.54, 1.807) is 6.07 Å². The summed E-state index contributed by atoms with van der Waals surface area (Å²) in [6.07, 6.45) is -3.94. The van der Waals surface area contributed by atoms with Gasteiger partial charge in [0.25, 0.3) is 0 Å². The Morgan fingerprint density at radius 3 is 2.66 bits per heavy atom. The van der Waals surface area contributed by atoms with E-state index in [0.717, 1.165) is 12.1 Å². The van der Waals surface area contributed by atoms with E-state index in [0.29, 0.717) is 5.52 Å². The van der Waals surface area contributed by atoms with Gasteiger partial charge in [-0.2, -0.15) is 13.2 Å². The van der Waals surface area contributed by atoms with Crippen molar-refractivity contribution >= 4 is 22.5 Å². The summed E-state index contributed by atoms with van der Waals surface area (Å²) in [5, 5.41) is 10.6. The molecule has 0 amide bonds. The highest BCUT2D eigenvalue weighted by Gasteiger charge is 2.35. The third-order valence-corrected chi connectivity index (χ3v) is 4.52. The Morgan fingerprint density at radius 1 is 1.28 bits per heavy atom. The molecule has 1 N–H and O–H groups in total. The molecule has 0 saturated carbocycles. The van der Waals surface area contributed by atoms with Crippen molar-refractivity contribution in [1.82, 2.24) is 9.55 Å². The number of fused-ring (bicyclic) bond motifs is 1. The molecule has 2 aromatic carbocycles. The highest BCUT2D eigenvalue weighted by Crippen LogP contribution is 2.37. The molecule has 1 aromatic heterocycles. The van der Waals surface area contributed by atoms with Gasteiger partial charge in [0.15, 0.2) is 11.5 Å². The van der Waals surface area contributed by atoms with Gasteiger partial charge in [0, 0.05) is 6.42 Å². The summed E-state index contributed by atoms with van der Waals surface area (Å²) in [6.45, 7) is 7.73. The molecular formula is C20H15F4N3O2. The van der Waals surface area contributed by atoms with Crippen molar-refractivity contribution in [2.45, 2.75) is 31.7 Å². The number of hydrogen-bond acceptors (Lipinski definition) is 3. The lowest BCUT2D eigenvalue weighted by molar-refractivity contribution is -0.138. The Labute approximate surface area is 163 Å². The number of hydrogen-bond donors (Lipinski definition) is 1. The average Bonchev–Trinajstić information content (AvgIpc) is 3.04. The number of halogens is 4. The van der Waals surface area contributed by atoms with Crippen LogP contribution < -0.4 is 0 Å². The highest BCUT2D eigenvalue weighted by atomic mass is 19.4. The van der Waals surface area contributed by atoms with Crippen LogP contribution in [-0.2, 0) is 23.9 Å².